The van der Waals surface area contributed by atoms with Crippen LogP contribution in [0.25, 0.3) is 32.7 Å². The number of aromatic hydroxyl groups is 1. The van der Waals surface area contributed by atoms with E-state index in [1.807, 2.05) is 66.8 Å². The molecule has 1 aliphatic carbocycles. The van der Waals surface area contributed by atoms with Gasteiger partial charge in [-0.2, -0.15) is 0 Å². The molecular weight excluding hydrogens is 342 g/mol. The molecule has 2 heteroatoms. The van der Waals surface area contributed by atoms with Gasteiger partial charge in [-0.15, -0.1) is 0 Å². The van der Waals surface area contributed by atoms with Gasteiger partial charge in [0.05, 0.1) is 6.04 Å². The minimum atomic E-state index is 0.0430. The van der Waals surface area contributed by atoms with Crippen molar-refractivity contribution in [1.82, 2.24) is 0 Å². The molecule has 0 aliphatic heterocycles. The number of fused-ring (bicyclic) bond motifs is 2. The molecule has 134 valence electrons. The highest BCUT2D eigenvalue weighted by Crippen LogP contribution is 2.41. The Hall–Kier alpha value is -3.65. The SMILES string of the molecule is Oc1c(C=NC2C=CC=C2)cccc1-c1c2ccccc2cc2ccccc12. The van der Waals surface area contributed by atoms with Crippen molar-refractivity contribution in [2.24, 2.45) is 4.99 Å². The van der Waals surface area contributed by atoms with E-state index in [1.54, 1.807) is 6.21 Å². The summed E-state index contributed by atoms with van der Waals surface area (Å²) in [4.78, 5) is 4.56. The topological polar surface area (TPSA) is 32.6 Å². The van der Waals surface area contributed by atoms with E-state index in [2.05, 4.69) is 35.3 Å². The van der Waals surface area contributed by atoms with E-state index in [0.717, 1.165) is 38.2 Å². The van der Waals surface area contributed by atoms with Crippen LogP contribution in [0.5, 0.6) is 5.75 Å². The van der Waals surface area contributed by atoms with Crippen molar-refractivity contribution in [3.05, 3.63) is 103 Å². The number of allylic oxidation sites excluding steroid dienone is 2. The van der Waals surface area contributed by atoms with Gasteiger partial charge in [0.15, 0.2) is 0 Å². The molecule has 0 aromatic heterocycles. The van der Waals surface area contributed by atoms with E-state index in [1.165, 1.54) is 0 Å². The van der Waals surface area contributed by atoms with Crippen LogP contribution in [0.4, 0.5) is 0 Å². The van der Waals surface area contributed by atoms with Gasteiger partial charge in [-0.25, -0.2) is 0 Å². The third-order valence-electron chi connectivity index (χ3n) is 5.22. The summed E-state index contributed by atoms with van der Waals surface area (Å²) < 4.78 is 0. The molecule has 1 N–H and O–H groups in total. The summed E-state index contributed by atoms with van der Waals surface area (Å²) in [6.45, 7) is 0. The van der Waals surface area contributed by atoms with Crippen LogP contribution in [-0.4, -0.2) is 17.4 Å². The summed E-state index contributed by atoms with van der Waals surface area (Å²) in [5.74, 6) is 0.263. The van der Waals surface area contributed by atoms with Crippen LogP contribution in [0.2, 0.25) is 0 Å². The van der Waals surface area contributed by atoms with Crippen molar-refractivity contribution in [3.8, 4) is 16.9 Å². The van der Waals surface area contributed by atoms with Crippen LogP contribution in [0.3, 0.4) is 0 Å². The summed E-state index contributed by atoms with van der Waals surface area (Å²) in [6.07, 6.45) is 9.78. The van der Waals surface area contributed by atoms with E-state index in [4.69, 9.17) is 0 Å². The quantitative estimate of drug-likeness (QED) is 0.338. The van der Waals surface area contributed by atoms with Gasteiger partial charge in [-0.05, 0) is 33.7 Å². The van der Waals surface area contributed by atoms with Gasteiger partial charge in [0.25, 0.3) is 0 Å². The van der Waals surface area contributed by atoms with Crippen LogP contribution in [0, 0.1) is 0 Å². The first-order valence-corrected chi connectivity index (χ1v) is 9.42. The first-order chi connectivity index (χ1) is 13.8. The molecule has 0 heterocycles. The van der Waals surface area contributed by atoms with E-state index >= 15 is 0 Å². The third-order valence-corrected chi connectivity index (χ3v) is 5.22. The molecule has 28 heavy (non-hydrogen) atoms. The monoisotopic (exact) mass is 361 g/mol. The molecule has 2 nitrogen and oxygen atoms in total. The Labute approximate surface area is 163 Å². The van der Waals surface area contributed by atoms with Gasteiger partial charge in [0.1, 0.15) is 5.75 Å². The van der Waals surface area contributed by atoms with Crippen LogP contribution < -0.4 is 0 Å². The highest BCUT2D eigenvalue weighted by atomic mass is 16.3. The number of phenolic OH excluding ortho intramolecular Hbond substituents is 1. The van der Waals surface area contributed by atoms with Crippen molar-refractivity contribution < 1.29 is 5.11 Å². The lowest BCUT2D eigenvalue weighted by molar-refractivity contribution is 0.476. The van der Waals surface area contributed by atoms with Gasteiger partial charge in [0.2, 0.25) is 0 Å². The maximum absolute atomic E-state index is 11.1. The molecule has 0 unspecified atom stereocenters. The molecule has 0 spiro atoms. The molecule has 0 amide bonds. The zero-order chi connectivity index (χ0) is 18.9. The Balaban J connectivity index is 1.74. The minimum absolute atomic E-state index is 0.0430. The largest absolute Gasteiger partial charge is 0.507 e. The predicted molar refractivity (Wildman–Crippen MR) is 118 cm³/mol. The first-order valence-electron chi connectivity index (χ1n) is 9.42. The minimum Gasteiger partial charge on any atom is -0.507 e. The highest BCUT2D eigenvalue weighted by molar-refractivity contribution is 6.14. The number of hydrogen-bond acceptors (Lipinski definition) is 2. The van der Waals surface area contributed by atoms with E-state index in [-0.39, 0.29) is 11.8 Å². The standard InChI is InChI=1S/C26H19NO/c28-26-20(17-27-21-11-3-4-12-21)10-7-15-24(26)25-22-13-5-1-8-18(22)16-19-9-2-6-14-23(19)25/h1-17,21,28H. The normalized spacial score (nSPS) is 14.0. The maximum Gasteiger partial charge on any atom is 0.132 e. The maximum atomic E-state index is 11.1. The van der Waals surface area contributed by atoms with Crippen LogP contribution in [0.1, 0.15) is 5.56 Å². The number of aliphatic imine (C=N–C) groups is 1. The van der Waals surface area contributed by atoms with Gasteiger partial charge in [0, 0.05) is 22.9 Å². The molecule has 4 aromatic carbocycles. The number of benzene rings is 4. The fourth-order valence-corrected chi connectivity index (χ4v) is 3.86. The number of rotatable bonds is 3. The fourth-order valence-electron chi connectivity index (χ4n) is 3.86. The zero-order valence-electron chi connectivity index (χ0n) is 15.3. The van der Waals surface area contributed by atoms with Gasteiger partial charge >= 0.3 is 0 Å². The lowest BCUT2D eigenvalue weighted by Gasteiger charge is -2.14. The molecule has 1 aliphatic rings. The highest BCUT2D eigenvalue weighted by Gasteiger charge is 2.14. The molecule has 5 rings (SSSR count). The average Bonchev–Trinajstić information content (AvgIpc) is 3.25. The van der Waals surface area contributed by atoms with Crippen molar-refractivity contribution >= 4 is 27.8 Å². The van der Waals surface area contributed by atoms with E-state index in [9.17, 15) is 5.11 Å². The third kappa shape index (κ3) is 2.80. The lowest BCUT2D eigenvalue weighted by atomic mass is 9.91. The molecule has 4 aromatic rings. The second kappa shape index (κ2) is 6.82. The number of para-hydroxylation sites is 1. The summed E-state index contributed by atoms with van der Waals surface area (Å²) in [5.41, 5.74) is 2.61. The number of nitrogens with zero attached hydrogens (tertiary/aromatic N) is 1. The summed E-state index contributed by atoms with van der Waals surface area (Å²) in [7, 11) is 0. The second-order valence-corrected chi connectivity index (χ2v) is 6.98. The van der Waals surface area contributed by atoms with Crippen LogP contribution in [-0.2, 0) is 0 Å². The Morgan fingerprint density at radius 2 is 1.39 bits per heavy atom. The van der Waals surface area contributed by atoms with Crippen LogP contribution >= 0.6 is 0 Å². The molecule has 0 fully saturated rings. The van der Waals surface area contributed by atoms with Crippen molar-refractivity contribution in [2.75, 3.05) is 0 Å². The molecule has 0 atom stereocenters. The Kier molecular flexibility index (Phi) is 4.02. The summed E-state index contributed by atoms with van der Waals surface area (Å²) in [6, 6.07) is 24.8. The first kappa shape index (κ1) is 16.5. The van der Waals surface area contributed by atoms with E-state index < -0.39 is 0 Å². The predicted octanol–water partition coefficient (Wildman–Crippen LogP) is 6.28. The Morgan fingerprint density at radius 3 is 2.07 bits per heavy atom. The number of hydrogen-bond donors (Lipinski definition) is 1. The molecule has 0 saturated heterocycles. The second-order valence-electron chi connectivity index (χ2n) is 6.98. The van der Waals surface area contributed by atoms with Gasteiger partial charge in [-0.1, -0.05) is 85.0 Å². The molecular formula is C26H19NO. The average molecular weight is 361 g/mol. The lowest BCUT2D eigenvalue weighted by Crippen LogP contribution is -1.94. The Bertz CT molecular complexity index is 1210. The van der Waals surface area contributed by atoms with Crippen molar-refractivity contribution in [3.63, 3.8) is 0 Å². The van der Waals surface area contributed by atoms with Crippen LogP contribution in [0.15, 0.2) is 102 Å². The number of phenols is 1. The molecule has 0 bridgehead atoms. The van der Waals surface area contributed by atoms with E-state index in [0.29, 0.717) is 0 Å². The van der Waals surface area contributed by atoms with Gasteiger partial charge < -0.3 is 5.11 Å². The smallest absolute Gasteiger partial charge is 0.132 e. The summed E-state index contributed by atoms with van der Waals surface area (Å²) >= 11 is 0. The van der Waals surface area contributed by atoms with Crippen molar-refractivity contribution in [1.29, 1.82) is 0 Å². The summed E-state index contributed by atoms with van der Waals surface area (Å²) in [5, 5.41) is 15.7. The molecule has 0 saturated carbocycles. The fraction of sp³-hybridized carbons (Fsp3) is 0.0385. The van der Waals surface area contributed by atoms with Gasteiger partial charge in [-0.3, -0.25) is 4.99 Å². The Morgan fingerprint density at radius 1 is 0.750 bits per heavy atom. The molecule has 0 radical (unpaired) electrons. The zero-order valence-corrected chi connectivity index (χ0v) is 15.3. The van der Waals surface area contributed by atoms with Crippen molar-refractivity contribution in [2.45, 2.75) is 6.04 Å².